The number of rotatable bonds is 2. The minimum absolute atomic E-state index is 0.206. The van der Waals surface area contributed by atoms with E-state index in [1.54, 1.807) is 0 Å². The van der Waals surface area contributed by atoms with E-state index in [1.807, 2.05) is 60.8 Å². The summed E-state index contributed by atoms with van der Waals surface area (Å²) in [7, 11) is 0. The molecule has 0 atom stereocenters. The summed E-state index contributed by atoms with van der Waals surface area (Å²) in [6, 6.07) is 11.4. The molecule has 0 aliphatic rings. The van der Waals surface area contributed by atoms with Crippen LogP contribution in [0, 0.1) is 13.8 Å². The van der Waals surface area contributed by atoms with Gasteiger partial charge in [0, 0.05) is 16.4 Å². The summed E-state index contributed by atoms with van der Waals surface area (Å²) in [5.41, 5.74) is 3.10. The monoisotopic (exact) mass is 343 g/mol. The zero-order valence-electron chi connectivity index (χ0n) is 11.7. The second kappa shape index (κ2) is 5.33. The van der Waals surface area contributed by atoms with Crippen molar-refractivity contribution in [3.63, 3.8) is 0 Å². The van der Waals surface area contributed by atoms with Gasteiger partial charge in [-0.3, -0.25) is 4.79 Å². The number of fused-ring (bicyclic) bond motifs is 1. The molecule has 2 aromatic heterocycles. The quantitative estimate of drug-likeness (QED) is 0.765. The van der Waals surface area contributed by atoms with Crippen LogP contribution in [0.15, 0.2) is 47.1 Å². The van der Waals surface area contributed by atoms with Crippen LogP contribution in [0.4, 0.5) is 5.69 Å². The lowest BCUT2D eigenvalue weighted by molar-refractivity contribution is 0.102. The maximum absolute atomic E-state index is 12.4. The van der Waals surface area contributed by atoms with Crippen molar-refractivity contribution in [2.45, 2.75) is 13.8 Å². The Hall–Kier alpha value is -2.14. The van der Waals surface area contributed by atoms with E-state index in [9.17, 15) is 4.79 Å². The minimum Gasteiger partial charge on any atom is -0.321 e. The van der Waals surface area contributed by atoms with E-state index in [-0.39, 0.29) is 5.91 Å². The number of nitrogens with zero attached hydrogens (tertiary/aromatic N) is 2. The van der Waals surface area contributed by atoms with Gasteiger partial charge in [0.1, 0.15) is 5.82 Å². The first kappa shape index (κ1) is 13.8. The summed E-state index contributed by atoms with van der Waals surface area (Å²) in [4.78, 5) is 16.8. The number of benzene rings is 1. The van der Waals surface area contributed by atoms with Crippen molar-refractivity contribution in [2.75, 3.05) is 5.32 Å². The molecule has 1 N–H and O–H groups in total. The van der Waals surface area contributed by atoms with E-state index in [1.165, 1.54) is 0 Å². The van der Waals surface area contributed by atoms with Gasteiger partial charge in [0.15, 0.2) is 5.69 Å². The maximum atomic E-state index is 12.4. The van der Waals surface area contributed by atoms with E-state index in [0.717, 1.165) is 27.1 Å². The molecule has 0 saturated carbocycles. The first-order valence-electron chi connectivity index (χ1n) is 6.57. The van der Waals surface area contributed by atoms with Gasteiger partial charge in [-0.1, -0.05) is 28.1 Å². The number of halogens is 1. The van der Waals surface area contributed by atoms with Gasteiger partial charge < -0.3 is 9.72 Å². The summed E-state index contributed by atoms with van der Waals surface area (Å²) in [6.07, 6.45) is 1.90. The van der Waals surface area contributed by atoms with E-state index in [4.69, 9.17) is 0 Å². The predicted octanol–water partition coefficient (Wildman–Crippen LogP) is 3.97. The van der Waals surface area contributed by atoms with Gasteiger partial charge in [0.2, 0.25) is 0 Å². The first-order valence-corrected chi connectivity index (χ1v) is 7.37. The normalized spacial score (nSPS) is 10.8. The lowest BCUT2D eigenvalue weighted by atomic mass is 10.2. The largest absolute Gasteiger partial charge is 0.321 e. The minimum atomic E-state index is -0.206. The molecule has 3 aromatic rings. The molecule has 0 unspecified atom stereocenters. The van der Waals surface area contributed by atoms with Crippen molar-refractivity contribution in [3.8, 4) is 0 Å². The Bertz CT molecular complexity index is 839. The van der Waals surface area contributed by atoms with Gasteiger partial charge in [0.25, 0.3) is 5.91 Å². The Kier molecular flexibility index (Phi) is 3.51. The van der Waals surface area contributed by atoms with Crippen LogP contribution in [0.25, 0.3) is 5.52 Å². The fourth-order valence-electron chi connectivity index (χ4n) is 2.22. The number of pyridine rings is 1. The van der Waals surface area contributed by atoms with Crippen LogP contribution in [-0.4, -0.2) is 15.3 Å². The summed E-state index contributed by atoms with van der Waals surface area (Å²) in [6.45, 7) is 3.88. The van der Waals surface area contributed by atoms with Crippen LogP contribution in [-0.2, 0) is 0 Å². The van der Waals surface area contributed by atoms with Crippen molar-refractivity contribution >= 4 is 33.0 Å². The first-order chi connectivity index (χ1) is 10.1. The highest BCUT2D eigenvalue weighted by atomic mass is 79.9. The standard InChI is InChI=1S/C16H14BrN3O/c1-10-6-7-12(9-13(10)17)19-16(21)15-14-5-3-4-8-20(14)11(2)18-15/h3-9H,1-2H3,(H,19,21). The van der Waals surface area contributed by atoms with E-state index in [0.29, 0.717) is 5.69 Å². The molecule has 1 aromatic carbocycles. The molecule has 0 radical (unpaired) electrons. The zero-order valence-corrected chi connectivity index (χ0v) is 13.3. The van der Waals surface area contributed by atoms with Crippen LogP contribution in [0.1, 0.15) is 21.9 Å². The second-order valence-corrected chi connectivity index (χ2v) is 5.74. The van der Waals surface area contributed by atoms with Crippen molar-refractivity contribution in [1.29, 1.82) is 0 Å². The number of nitrogens with one attached hydrogen (secondary N) is 1. The molecule has 3 rings (SSSR count). The zero-order chi connectivity index (χ0) is 15.0. The van der Waals surface area contributed by atoms with Gasteiger partial charge in [-0.25, -0.2) is 4.98 Å². The average molecular weight is 344 g/mol. The molecule has 5 heteroatoms. The maximum Gasteiger partial charge on any atom is 0.276 e. The molecule has 1 amide bonds. The van der Waals surface area contributed by atoms with Gasteiger partial charge in [0.05, 0.1) is 5.52 Å². The highest BCUT2D eigenvalue weighted by Gasteiger charge is 2.15. The molecular weight excluding hydrogens is 330 g/mol. The second-order valence-electron chi connectivity index (χ2n) is 4.88. The fourth-order valence-corrected chi connectivity index (χ4v) is 2.60. The lowest BCUT2D eigenvalue weighted by Crippen LogP contribution is -2.13. The van der Waals surface area contributed by atoms with Crippen LogP contribution >= 0.6 is 15.9 Å². The SMILES string of the molecule is Cc1ccc(NC(=O)c2nc(C)n3ccccc23)cc1Br. The Balaban J connectivity index is 1.95. The van der Waals surface area contributed by atoms with Crippen molar-refractivity contribution in [1.82, 2.24) is 9.38 Å². The smallest absolute Gasteiger partial charge is 0.276 e. The van der Waals surface area contributed by atoms with Crippen molar-refractivity contribution < 1.29 is 4.79 Å². The summed E-state index contributed by atoms with van der Waals surface area (Å²) >= 11 is 3.47. The third-order valence-corrected chi connectivity index (χ3v) is 4.22. The van der Waals surface area contributed by atoms with Crippen LogP contribution < -0.4 is 5.32 Å². The summed E-state index contributed by atoms with van der Waals surface area (Å²) in [5.74, 6) is 0.586. The number of anilines is 1. The van der Waals surface area contributed by atoms with Crippen molar-refractivity contribution in [2.24, 2.45) is 0 Å². The predicted molar refractivity (Wildman–Crippen MR) is 86.8 cm³/mol. The molecule has 0 saturated heterocycles. The Labute approximate surface area is 131 Å². The summed E-state index contributed by atoms with van der Waals surface area (Å²) < 4.78 is 2.87. The third-order valence-electron chi connectivity index (χ3n) is 3.37. The molecule has 0 aliphatic heterocycles. The van der Waals surface area contributed by atoms with Crippen LogP contribution in [0.3, 0.4) is 0 Å². The van der Waals surface area contributed by atoms with E-state index in [2.05, 4.69) is 26.2 Å². The average Bonchev–Trinajstić information content (AvgIpc) is 2.81. The number of carbonyl (C=O) groups excluding carboxylic acids is 1. The summed E-state index contributed by atoms with van der Waals surface area (Å²) in [5, 5.41) is 2.89. The molecule has 2 heterocycles. The highest BCUT2D eigenvalue weighted by Crippen LogP contribution is 2.21. The lowest BCUT2D eigenvalue weighted by Gasteiger charge is -2.06. The Morgan fingerprint density at radius 1 is 1.24 bits per heavy atom. The molecule has 106 valence electrons. The topological polar surface area (TPSA) is 46.4 Å². The number of carbonyl (C=O) groups is 1. The van der Waals surface area contributed by atoms with Crippen LogP contribution in [0.5, 0.6) is 0 Å². The molecule has 21 heavy (non-hydrogen) atoms. The molecule has 0 bridgehead atoms. The number of aryl methyl sites for hydroxylation is 2. The van der Waals surface area contributed by atoms with Gasteiger partial charge >= 0.3 is 0 Å². The third kappa shape index (κ3) is 2.56. The number of hydrogen-bond donors (Lipinski definition) is 1. The number of imidazole rings is 1. The molecule has 0 spiro atoms. The number of hydrogen-bond acceptors (Lipinski definition) is 2. The highest BCUT2D eigenvalue weighted by molar-refractivity contribution is 9.10. The van der Waals surface area contributed by atoms with E-state index < -0.39 is 0 Å². The van der Waals surface area contributed by atoms with Gasteiger partial charge in [-0.05, 0) is 43.7 Å². The van der Waals surface area contributed by atoms with Crippen molar-refractivity contribution in [3.05, 3.63) is 64.1 Å². The number of aromatic nitrogens is 2. The van der Waals surface area contributed by atoms with Gasteiger partial charge in [-0.2, -0.15) is 0 Å². The molecule has 0 fully saturated rings. The Morgan fingerprint density at radius 3 is 2.81 bits per heavy atom. The van der Waals surface area contributed by atoms with E-state index >= 15 is 0 Å². The molecule has 0 aliphatic carbocycles. The Morgan fingerprint density at radius 2 is 2.05 bits per heavy atom. The molecule has 4 nitrogen and oxygen atoms in total. The number of amides is 1. The fraction of sp³-hybridized carbons (Fsp3) is 0.125. The molecular formula is C16H14BrN3O. The van der Waals surface area contributed by atoms with Crippen LogP contribution in [0.2, 0.25) is 0 Å². The van der Waals surface area contributed by atoms with Gasteiger partial charge in [-0.15, -0.1) is 0 Å².